The van der Waals surface area contributed by atoms with Gasteiger partial charge in [-0.15, -0.1) is 0 Å². The number of nitrogens with two attached hydrogens (primary N) is 1. The van der Waals surface area contributed by atoms with Crippen molar-refractivity contribution in [2.24, 2.45) is 16.0 Å². The van der Waals surface area contributed by atoms with Crippen LogP contribution in [0.1, 0.15) is 33.6 Å². The van der Waals surface area contributed by atoms with Crippen LogP contribution in [0.15, 0.2) is 10.3 Å². The van der Waals surface area contributed by atoms with Gasteiger partial charge in [-0.05, 0) is 19.8 Å². The van der Waals surface area contributed by atoms with E-state index in [0.717, 1.165) is 12.8 Å². The second kappa shape index (κ2) is 8.53. The van der Waals surface area contributed by atoms with Crippen molar-refractivity contribution in [3.63, 3.8) is 0 Å². The van der Waals surface area contributed by atoms with Crippen molar-refractivity contribution < 1.29 is 9.68 Å². The highest BCUT2D eigenvalue weighted by atomic mass is 16.6. The molecule has 0 aliphatic rings. The largest absolute Gasteiger partial charge is 0.394 e. The number of nitriles is 1. The summed E-state index contributed by atoms with van der Waals surface area (Å²) in [6.07, 6.45) is 1.55. The quantitative estimate of drug-likeness (QED) is 0.307. The van der Waals surface area contributed by atoms with Crippen LogP contribution in [0.4, 0.5) is 0 Å². The summed E-state index contributed by atoms with van der Waals surface area (Å²) in [7, 11) is 0. The van der Waals surface area contributed by atoms with E-state index in [1.54, 1.807) is 6.07 Å². The highest BCUT2D eigenvalue weighted by Crippen LogP contribution is 1.96. The number of oxime groups is 2. The lowest BCUT2D eigenvalue weighted by molar-refractivity contribution is 0.0706. The van der Waals surface area contributed by atoms with Gasteiger partial charge in [-0.2, -0.15) is 5.26 Å². The standard InChI is InChI=1S/C10H18N4O2/c1-4-6-15-14-10(12)9(7-11)13-16-8(3)5-2/h8H,4-6H2,1-3H3,(H2,12,14)/b13-9+. The number of amidine groups is 1. The minimum atomic E-state index is -0.0728. The molecule has 0 aromatic rings. The van der Waals surface area contributed by atoms with Crippen LogP contribution >= 0.6 is 0 Å². The monoisotopic (exact) mass is 226 g/mol. The predicted octanol–water partition coefficient (Wildman–Crippen LogP) is 1.38. The van der Waals surface area contributed by atoms with Gasteiger partial charge >= 0.3 is 0 Å². The maximum absolute atomic E-state index is 8.76. The van der Waals surface area contributed by atoms with Crippen molar-refractivity contribution in [1.82, 2.24) is 0 Å². The Morgan fingerprint density at radius 1 is 1.44 bits per heavy atom. The molecule has 1 atom stereocenters. The molecule has 90 valence electrons. The Morgan fingerprint density at radius 3 is 2.62 bits per heavy atom. The van der Waals surface area contributed by atoms with Crippen LogP contribution in [-0.4, -0.2) is 24.3 Å². The van der Waals surface area contributed by atoms with Crippen molar-refractivity contribution in [2.75, 3.05) is 6.61 Å². The van der Waals surface area contributed by atoms with E-state index in [1.165, 1.54) is 0 Å². The van der Waals surface area contributed by atoms with E-state index in [0.29, 0.717) is 6.61 Å². The Balaban J connectivity index is 4.37. The maximum atomic E-state index is 8.76. The SMILES string of the molecule is CCCO/N=C(N)/C(C#N)=N/OC(C)CC. The average molecular weight is 226 g/mol. The highest BCUT2D eigenvalue weighted by molar-refractivity contribution is 6.46. The third kappa shape index (κ3) is 5.86. The first-order valence-corrected chi connectivity index (χ1v) is 5.25. The summed E-state index contributed by atoms with van der Waals surface area (Å²) in [5.74, 6) is -0.0701. The van der Waals surface area contributed by atoms with Gasteiger partial charge in [-0.3, -0.25) is 0 Å². The molecule has 0 aromatic heterocycles. The number of nitrogens with zero attached hydrogens (tertiary/aromatic N) is 3. The number of hydrogen-bond acceptors (Lipinski definition) is 5. The first-order valence-electron chi connectivity index (χ1n) is 5.25. The van der Waals surface area contributed by atoms with Crippen LogP contribution in [0.25, 0.3) is 0 Å². The normalized spacial score (nSPS) is 14.1. The molecule has 0 aliphatic heterocycles. The molecule has 0 bridgehead atoms. The summed E-state index contributed by atoms with van der Waals surface area (Å²) in [5.41, 5.74) is 5.42. The summed E-state index contributed by atoms with van der Waals surface area (Å²) >= 11 is 0. The topological polar surface area (TPSA) is 93.0 Å². The van der Waals surface area contributed by atoms with Crippen molar-refractivity contribution in [1.29, 1.82) is 5.26 Å². The van der Waals surface area contributed by atoms with E-state index in [9.17, 15) is 0 Å². The van der Waals surface area contributed by atoms with Gasteiger partial charge in [0.25, 0.3) is 0 Å². The molecular formula is C10H18N4O2. The lowest BCUT2D eigenvalue weighted by atomic mass is 10.3. The lowest BCUT2D eigenvalue weighted by Crippen LogP contribution is -2.24. The Morgan fingerprint density at radius 2 is 2.12 bits per heavy atom. The fraction of sp³-hybridized carbons (Fsp3) is 0.700. The van der Waals surface area contributed by atoms with Crippen LogP contribution in [0.2, 0.25) is 0 Å². The fourth-order valence-electron chi connectivity index (χ4n) is 0.591. The zero-order chi connectivity index (χ0) is 12.4. The van der Waals surface area contributed by atoms with Gasteiger partial charge < -0.3 is 15.4 Å². The van der Waals surface area contributed by atoms with E-state index >= 15 is 0 Å². The van der Waals surface area contributed by atoms with Crippen molar-refractivity contribution in [2.45, 2.75) is 39.7 Å². The third-order valence-corrected chi connectivity index (χ3v) is 1.71. The minimum absolute atomic E-state index is 0.0623. The van der Waals surface area contributed by atoms with Crippen molar-refractivity contribution in [3.8, 4) is 6.07 Å². The Bertz CT molecular complexity index is 294. The molecule has 6 heteroatoms. The molecule has 0 spiro atoms. The second-order valence-corrected chi connectivity index (χ2v) is 3.19. The van der Waals surface area contributed by atoms with Crippen LogP contribution < -0.4 is 5.73 Å². The molecule has 0 amide bonds. The fourth-order valence-corrected chi connectivity index (χ4v) is 0.591. The van der Waals surface area contributed by atoms with Gasteiger partial charge in [0.15, 0.2) is 0 Å². The Labute approximate surface area is 95.7 Å². The molecule has 0 saturated heterocycles. The van der Waals surface area contributed by atoms with E-state index in [2.05, 4.69) is 10.3 Å². The Kier molecular flexibility index (Phi) is 7.59. The molecule has 0 rings (SSSR count). The van der Waals surface area contributed by atoms with Crippen LogP contribution in [0.3, 0.4) is 0 Å². The highest BCUT2D eigenvalue weighted by Gasteiger charge is 2.07. The maximum Gasteiger partial charge on any atom is 0.224 e. The van der Waals surface area contributed by atoms with Crippen LogP contribution in [0, 0.1) is 11.3 Å². The van der Waals surface area contributed by atoms with Gasteiger partial charge in [0.2, 0.25) is 11.5 Å². The molecule has 0 saturated carbocycles. The van der Waals surface area contributed by atoms with Gasteiger partial charge in [0.1, 0.15) is 18.8 Å². The molecule has 0 heterocycles. The van der Waals surface area contributed by atoms with E-state index in [-0.39, 0.29) is 17.7 Å². The average Bonchev–Trinajstić information content (AvgIpc) is 2.29. The summed E-state index contributed by atoms with van der Waals surface area (Å²) in [4.78, 5) is 9.86. The molecule has 2 N–H and O–H groups in total. The van der Waals surface area contributed by atoms with Crippen LogP contribution in [0.5, 0.6) is 0 Å². The zero-order valence-corrected chi connectivity index (χ0v) is 9.93. The van der Waals surface area contributed by atoms with E-state index < -0.39 is 0 Å². The van der Waals surface area contributed by atoms with Gasteiger partial charge in [0.05, 0.1) is 0 Å². The second-order valence-electron chi connectivity index (χ2n) is 3.19. The molecule has 0 fully saturated rings. The summed E-state index contributed by atoms with van der Waals surface area (Å²) in [6.45, 7) is 6.19. The molecule has 0 radical (unpaired) electrons. The predicted molar refractivity (Wildman–Crippen MR) is 61.8 cm³/mol. The number of hydrogen-bond donors (Lipinski definition) is 1. The first-order chi connectivity index (χ1) is 7.65. The third-order valence-electron chi connectivity index (χ3n) is 1.71. The number of rotatable bonds is 7. The van der Waals surface area contributed by atoms with Gasteiger partial charge in [0, 0.05) is 0 Å². The molecule has 0 aliphatic carbocycles. The van der Waals surface area contributed by atoms with Crippen molar-refractivity contribution >= 4 is 11.5 Å². The van der Waals surface area contributed by atoms with E-state index in [4.69, 9.17) is 20.7 Å². The summed E-state index contributed by atoms with van der Waals surface area (Å²) < 4.78 is 0. The molecule has 6 nitrogen and oxygen atoms in total. The minimum Gasteiger partial charge on any atom is -0.394 e. The lowest BCUT2D eigenvalue weighted by Gasteiger charge is -2.05. The Hall–Kier alpha value is -1.77. The van der Waals surface area contributed by atoms with Gasteiger partial charge in [-0.1, -0.05) is 24.2 Å². The van der Waals surface area contributed by atoms with Gasteiger partial charge in [-0.25, -0.2) is 0 Å². The zero-order valence-electron chi connectivity index (χ0n) is 9.93. The smallest absolute Gasteiger partial charge is 0.224 e. The molecular weight excluding hydrogens is 208 g/mol. The molecule has 0 aromatic carbocycles. The summed E-state index contributed by atoms with van der Waals surface area (Å²) in [6, 6.07) is 1.80. The molecule has 16 heavy (non-hydrogen) atoms. The van der Waals surface area contributed by atoms with Crippen LogP contribution in [-0.2, 0) is 9.68 Å². The summed E-state index contributed by atoms with van der Waals surface area (Å²) in [5, 5.41) is 15.9. The molecule has 1 unspecified atom stereocenters. The van der Waals surface area contributed by atoms with Crippen molar-refractivity contribution in [3.05, 3.63) is 0 Å². The van der Waals surface area contributed by atoms with E-state index in [1.807, 2.05) is 20.8 Å². The first kappa shape index (κ1) is 14.2.